The molecule has 10 aromatic rings. The predicted octanol–water partition coefficient (Wildman–Crippen LogP) is 10.1. The van der Waals surface area contributed by atoms with E-state index in [4.69, 9.17) is 102 Å². The van der Waals surface area contributed by atoms with Crippen molar-refractivity contribution in [2.45, 2.75) is 132 Å². The van der Waals surface area contributed by atoms with Gasteiger partial charge < -0.3 is 90.4 Å². The first-order valence-electron chi connectivity index (χ1n) is 43.4. The summed E-state index contributed by atoms with van der Waals surface area (Å²) < 4.78 is 29.6. The lowest BCUT2D eigenvalue weighted by Gasteiger charge is -2.34. The van der Waals surface area contributed by atoms with Gasteiger partial charge in [-0.15, -0.1) is 0 Å². The van der Waals surface area contributed by atoms with Crippen LogP contribution < -0.4 is 90.4 Å². The summed E-state index contributed by atoms with van der Waals surface area (Å²) in [5.41, 5.74) is 46.6. The number of para-hydroxylation sites is 2. The number of carbonyl (C=O) groups excluding carboxylic acids is 4. The molecule has 1 saturated carbocycles. The number of amidine groups is 7. The first-order chi connectivity index (χ1) is 64.4. The van der Waals surface area contributed by atoms with Gasteiger partial charge in [0.05, 0.1) is 41.1 Å². The number of methoxy groups -OCH3 is 1. The SMILES string of the molecule is COc1ccc(CNC(=O)[C@@H]2C[C@@H](Oc3cccc(C(=N)N)c3)CN2)cc1.N=C(N)c1ccc(NC(=O)[C@@H]2C[C@@H](Oc3cccc(C(=N)N)c3)CN2C2CCCCC2)cc1.N=C(N)c1ccc(NC(=O)[C@@H]2C[C@@H](Oc3cccc(C(=N)N)c3)CN2Cc2ccccc2[N+](=O)[O-])cc1.N=C(N)c1ccc(NC(=O)[C@@H]2C[C@@H](Oc3cccc(C(=N)N)c3)CN2Cc2ccccc2[N+](=O)[O-])cc1. The highest BCUT2D eigenvalue weighted by Crippen LogP contribution is 2.36. The Morgan fingerprint density at radius 2 is 0.731 bits per heavy atom. The number of amides is 4. The minimum Gasteiger partial charge on any atom is -0.497 e. The summed E-state index contributed by atoms with van der Waals surface area (Å²) >= 11 is 0. The molecule has 4 amide bonds. The zero-order valence-electron chi connectivity index (χ0n) is 73.7. The highest BCUT2D eigenvalue weighted by molar-refractivity contribution is 6.01. The molecule has 0 bridgehead atoms. The van der Waals surface area contributed by atoms with Gasteiger partial charge in [-0.05, 0) is 152 Å². The van der Waals surface area contributed by atoms with Gasteiger partial charge in [0.2, 0.25) is 23.6 Å². The quantitative estimate of drug-likeness (QED) is 0.00806. The molecular weight excluding hydrogens is 1710 g/mol. The third-order valence-corrected chi connectivity index (χ3v) is 23.3. The number of rotatable bonds is 32. The van der Waals surface area contributed by atoms with E-state index in [1.54, 1.807) is 195 Å². The Hall–Kier alpha value is -16.0. The zero-order chi connectivity index (χ0) is 95.6. The predicted molar refractivity (Wildman–Crippen MR) is 513 cm³/mol. The smallest absolute Gasteiger partial charge is 0.273 e. The van der Waals surface area contributed by atoms with Crippen molar-refractivity contribution in [2.24, 2.45) is 40.1 Å². The normalized spacial score (nSPS) is 18.5. The summed E-state index contributed by atoms with van der Waals surface area (Å²) in [7, 11) is 1.62. The van der Waals surface area contributed by atoms with Gasteiger partial charge >= 0.3 is 0 Å². The Morgan fingerprint density at radius 3 is 1.09 bits per heavy atom. The summed E-state index contributed by atoms with van der Waals surface area (Å²) in [6.07, 6.45) is 6.73. The fraction of sp³-hybridized carbons (Fsp3) is 0.268. The van der Waals surface area contributed by atoms with Crippen LogP contribution in [-0.2, 0) is 38.8 Å². The Kier molecular flexibility index (Phi) is 33.3. The van der Waals surface area contributed by atoms with Crippen molar-refractivity contribution in [2.75, 3.05) is 49.2 Å². The zero-order valence-corrected chi connectivity index (χ0v) is 73.7. The van der Waals surface area contributed by atoms with Crippen LogP contribution in [0.15, 0.2) is 243 Å². The molecule has 26 N–H and O–H groups in total. The Morgan fingerprint density at radius 1 is 0.388 bits per heavy atom. The molecule has 0 spiro atoms. The number of nitrogens with zero attached hydrogens (tertiary/aromatic N) is 5. The molecule has 4 aliphatic heterocycles. The van der Waals surface area contributed by atoms with Gasteiger partial charge in [0.1, 0.15) is 94.0 Å². The van der Waals surface area contributed by atoms with Crippen molar-refractivity contribution >= 4 is 92.9 Å². The van der Waals surface area contributed by atoms with Crippen molar-refractivity contribution in [1.82, 2.24) is 25.3 Å². The van der Waals surface area contributed by atoms with Gasteiger partial charge in [0.25, 0.3) is 11.4 Å². The second kappa shape index (κ2) is 46.0. The summed E-state index contributed by atoms with van der Waals surface area (Å²) in [5, 5.41) is 91.1. The summed E-state index contributed by atoms with van der Waals surface area (Å²) in [6.45, 7) is 2.83. The number of nitro groups is 2. The lowest BCUT2D eigenvalue weighted by Crippen LogP contribution is -2.46. The number of nitrogen functional groups attached to an aromatic ring is 7. The van der Waals surface area contributed by atoms with Crippen LogP contribution in [0.2, 0.25) is 0 Å². The van der Waals surface area contributed by atoms with Gasteiger partial charge in [-0.1, -0.05) is 116 Å². The van der Waals surface area contributed by atoms with Gasteiger partial charge in [0, 0.05) is 157 Å². The maximum Gasteiger partial charge on any atom is 0.273 e. The first kappa shape index (κ1) is 97.1. The highest BCUT2D eigenvalue weighted by Gasteiger charge is 2.44. The molecule has 37 heteroatoms. The molecule has 8 atom stereocenters. The lowest BCUT2D eigenvalue weighted by atomic mass is 9.93. The number of nitrogens with two attached hydrogens (primary N) is 7. The average Bonchev–Trinajstić information content (AvgIpc) is 1.67. The summed E-state index contributed by atoms with van der Waals surface area (Å²) in [5.74, 6) is 2.19. The molecule has 0 aromatic heterocycles. The number of likely N-dealkylation sites (tertiary alicyclic amines) is 3. The van der Waals surface area contributed by atoms with Crippen molar-refractivity contribution < 1.29 is 52.7 Å². The van der Waals surface area contributed by atoms with E-state index in [0.717, 1.165) is 24.2 Å². The Labute approximate surface area is 773 Å². The number of ether oxygens (including phenoxy) is 5. The summed E-state index contributed by atoms with van der Waals surface area (Å²) in [6, 6.07) is 67.4. The Balaban J connectivity index is 0.000000162. The maximum atomic E-state index is 13.3. The van der Waals surface area contributed by atoms with Crippen molar-refractivity contribution in [1.29, 1.82) is 37.9 Å². The summed E-state index contributed by atoms with van der Waals surface area (Å²) in [4.78, 5) is 80.7. The molecular formula is C97H110N24O13. The molecule has 10 aromatic carbocycles. The molecule has 1 aliphatic carbocycles. The monoisotopic (exact) mass is 1820 g/mol. The highest BCUT2D eigenvalue weighted by atomic mass is 16.6. The van der Waals surface area contributed by atoms with Crippen LogP contribution in [0.25, 0.3) is 0 Å². The Bertz CT molecular complexity index is 5720. The fourth-order valence-corrected chi connectivity index (χ4v) is 16.5. The number of hydrogen-bond donors (Lipinski definition) is 19. The van der Waals surface area contributed by atoms with Gasteiger partial charge in [0.15, 0.2) is 0 Å². The second-order valence-electron chi connectivity index (χ2n) is 32.8. The lowest BCUT2D eigenvalue weighted by molar-refractivity contribution is -0.385. The van der Waals surface area contributed by atoms with Crippen LogP contribution in [0, 0.1) is 58.1 Å². The van der Waals surface area contributed by atoms with Crippen LogP contribution in [0.3, 0.4) is 0 Å². The van der Waals surface area contributed by atoms with Crippen molar-refractivity contribution in [3.63, 3.8) is 0 Å². The van der Waals surface area contributed by atoms with E-state index in [-0.39, 0.29) is 125 Å². The fourth-order valence-electron chi connectivity index (χ4n) is 16.5. The molecule has 4 heterocycles. The van der Waals surface area contributed by atoms with Crippen LogP contribution in [0.1, 0.15) is 113 Å². The minimum absolute atomic E-state index is 0.000725. The van der Waals surface area contributed by atoms with E-state index in [9.17, 15) is 39.4 Å². The largest absolute Gasteiger partial charge is 0.497 e. The first-order valence-corrected chi connectivity index (χ1v) is 43.4. The number of anilines is 3. The van der Waals surface area contributed by atoms with Crippen molar-refractivity contribution in [3.8, 4) is 28.7 Å². The minimum atomic E-state index is -0.617. The van der Waals surface area contributed by atoms with Crippen LogP contribution in [-0.4, -0.2) is 177 Å². The molecule has 5 aliphatic rings. The standard InChI is InChI=1S/2C26H27N7O4.C25H32N6O2.C20H24N4O3/c2*27-24(28)16-8-10-19(11-9-16)31-26(34)23-13-21(37-20-6-3-5-17(12-20)25(29)30)15-32(23)14-18-4-1-2-7-22(18)33(35)36;26-23(27)16-9-11-18(12-10-16)30-25(32)22-14-21(15-31(22)19-6-2-1-3-7-19)33-20-8-4-5-17(13-20)24(28)29;1-26-15-7-5-13(6-8-15)11-24-20(25)18-10-17(12-23-18)27-16-4-2-3-14(9-16)19(21)22/h2*1-12,21,23H,13-15H2,(H3,27,28)(H3,29,30)(H,31,34);4-5,8-13,19,21-22H,1-3,6-7,14-15H2,(H3,26,27)(H3,28,29)(H,30,32);2-9,17-18,23H,10-12H2,1H3,(H3,21,22)(H,24,25)/t2*21-,23+;21-,22+;17-,18+/m1111/s1. The van der Waals surface area contributed by atoms with Gasteiger partial charge in [-0.25, -0.2) is 0 Å². The van der Waals surface area contributed by atoms with Crippen molar-refractivity contribution in [3.05, 3.63) is 319 Å². The van der Waals surface area contributed by atoms with Crippen LogP contribution in [0.5, 0.6) is 28.7 Å². The molecule has 134 heavy (non-hydrogen) atoms. The second-order valence-corrected chi connectivity index (χ2v) is 32.8. The number of hydrogen-bond acceptors (Lipinski definition) is 24. The number of benzene rings is 10. The van der Waals surface area contributed by atoms with Crippen LogP contribution >= 0.6 is 0 Å². The van der Waals surface area contributed by atoms with E-state index in [0.29, 0.717) is 155 Å². The molecule has 0 unspecified atom stereocenters. The molecule has 5 fully saturated rings. The van der Waals surface area contributed by atoms with E-state index in [1.165, 1.54) is 31.4 Å². The van der Waals surface area contributed by atoms with Gasteiger partial charge in [-0.2, -0.15) is 0 Å². The number of nitro benzene ring substituents is 2. The van der Waals surface area contributed by atoms with E-state index in [1.807, 2.05) is 52.3 Å². The molecule has 37 nitrogen and oxygen atoms in total. The molecule has 15 rings (SSSR count). The molecule has 4 saturated heterocycles. The van der Waals surface area contributed by atoms with E-state index < -0.39 is 21.9 Å². The number of nitrogens with one attached hydrogen (secondary N) is 12. The van der Waals surface area contributed by atoms with E-state index >= 15 is 0 Å². The maximum absolute atomic E-state index is 13.3. The topological polar surface area (TPSA) is 620 Å². The number of carbonyl (C=O) groups is 4. The molecule has 0 radical (unpaired) electrons. The van der Waals surface area contributed by atoms with Crippen LogP contribution in [0.4, 0.5) is 28.4 Å². The van der Waals surface area contributed by atoms with E-state index in [2.05, 4.69) is 31.5 Å². The third-order valence-electron chi connectivity index (χ3n) is 23.3. The molecule has 696 valence electrons. The third kappa shape index (κ3) is 27.1. The average molecular weight is 1820 g/mol. The van der Waals surface area contributed by atoms with Gasteiger partial charge in [-0.3, -0.25) is 92.0 Å².